The predicted octanol–water partition coefficient (Wildman–Crippen LogP) is 1.25. The zero-order valence-electron chi connectivity index (χ0n) is 14.9. The summed E-state index contributed by atoms with van der Waals surface area (Å²) >= 11 is 0. The van der Waals surface area contributed by atoms with Crippen LogP contribution in [0, 0.1) is 6.92 Å². The maximum Gasteiger partial charge on any atom is 0.273 e. The molecule has 0 spiro atoms. The molecule has 2 heterocycles. The fraction of sp³-hybridized carbons (Fsp3) is 0.333. The molecule has 136 valence electrons. The Morgan fingerprint density at radius 2 is 2.12 bits per heavy atom. The molecule has 0 aliphatic rings. The Labute approximate surface area is 150 Å². The highest BCUT2D eigenvalue weighted by molar-refractivity contribution is 5.93. The number of methoxy groups -OCH3 is 1. The molecule has 8 nitrogen and oxygen atoms in total. The van der Waals surface area contributed by atoms with E-state index >= 15 is 0 Å². The number of nitrogens with one attached hydrogen (secondary N) is 1. The molecule has 1 unspecified atom stereocenters. The zero-order chi connectivity index (χ0) is 18.7. The first-order valence-corrected chi connectivity index (χ1v) is 8.19. The molecule has 0 fully saturated rings. The van der Waals surface area contributed by atoms with Crippen LogP contribution in [0.25, 0.3) is 16.6 Å². The average Bonchev–Trinajstić information content (AvgIpc) is 3.00. The van der Waals surface area contributed by atoms with Gasteiger partial charge in [0.1, 0.15) is 5.60 Å². The van der Waals surface area contributed by atoms with Gasteiger partial charge in [-0.15, -0.1) is 5.10 Å². The van der Waals surface area contributed by atoms with Crippen LogP contribution in [-0.4, -0.2) is 56.9 Å². The monoisotopic (exact) mass is 355 g/mol. The maximum atomic E-state index is 12.4. The molecule has 0 aliphatic heterocycles. The number of ether oxygens (including phenoxy) is 1. The van der Waals surface area contributed by atoms with Crippen LogP contribution in [0.5, 0.6) is 0 Å². The van der Waals surface area contributed by atoms with Gasteiger partial charge in [-0.05, 0) is 26.0 Å². The fourth-order valence-electron chi connectivity index (χ4n) is 2.74. The number of pyridine rings is 1. The largest absolute Gasteiger partial charge is 0.386 e. The second kappa shape index (κ2) is 7.19. The molecule has 8 heteroatoms. The maximum absolute atomic E-state index is 12.4. The van der Waals surface area contributed by atoms with Crippen molar-refractivity contribution in [3.8, 4) is 5.69 Å². The number of carbonyl (C=O) groups is 1. The van der Waals surface area contributed by atoms with E-state index in [1.807, 2.05) is 30.3 Å². The number of hydrogen-bond donors (Lipinski definition) is 2. The third kappa shape index (κ3) is 3.56. The summed E-state index contributed by atoms with van der Waals surface area (Å²) in [5.41, 5.74) is 1.16. The highest BCUT2D eigenvalue weighted by atomic mass is 16.5. The second-order valence-corrected chi connectivity index (χ2v) is 6.40. The Morgan fingerprint density at radius 3 is 2.88 bits per heavy atom. The van der Waals surface area contributed by atoms with Gasteiger partial charge in [0, 0.05) is 25.2 Å². The fourth-order valence-corrected chi connectivity index (χ4v) is 2.74. The van der Waals surface area contributed by atoms with Crippen LogP contribution in [0.2, 0.25) is 0 Å². The average molecular weight is 355 g/mol. The molecule has 0 bridgehead atoms. The molecular formula is C18H21N5O3. The van der Waals surface area contributed by atoms with E-state index in [-0.39, 0.29) is 18.8 Å². The van der Waals surface area contributed by atoms with Gasteiger partial charge in [-0.3, -0.25) is 9.78 Å². The summed E-state index contributed by atoms with van der Waals surface area (Å²) in [5, 5.41) is 21.9. The highest BCUT2D eigenvalue weighted by Crippen LogP contribution is 2.21. The summed E-state index contributed by atoms with van der Waals surface area (Å²) in [6.45, 7) is 3.51. The number of fused-ring (bicyclic) bond motifs is 1. The minimum absolute atomic E-state index is 0.0434. The number of para-hydroxylation sites is 1. The van der Waals surface area contributed by atoms with Gasteiger partial charge in [0.25, 0.3) is 5.91 Å². The molecule has 3 aromatic rings. The molecule has 26 heavy (non-hydrogen) atoms. The molecule has 2 aromatic heterocycles. The second-order valence-electron chi connectivity index (χ2n) is 6.40. The number of aromatic nitrogens is 4. The van der Waals surface area contributed by atoms with E-state index in [1.165, 1.54) is 7.11 Å². The Bertz CT molecular complexity index is 930. The zero-order valence-corrected chi connectivity index (χ0v) is 14.9. The Hall–Kier alpha value is -2.84. The third-order valence-corrected chi connectivity index (χ3v) is 4.03. The van der Waals surface area contributed by atoms with Gasteiger partial charge in [0.05, 0.1) is 23.5 Å². The van der Waals surface area contributed by atoms with Gasteiger partial charge in [-0.25, -0.2) is 4.68 Å². The van der Waals surface area contributed by atoms with Gasteiger partial charge in [-0.1, -0.05) is 23.4 Å². The molecule has 1 atom stereocenters. The number of benzene rings is 1. The summed E-state index contributed by atoms with van der Waals surface area (Å²) < 4.78 is 6.53. The molecule has 3 rings (SSSR count). The van der Waals surface area contributed by atoms with Gasteiger partial charge in [0.2, 0.25) is 0 Å². The highest BCUT2D eigenvalue weighted by Gasteiger charge is 2.24. The lowest BCUT2D eigenvalue weighted by molar-refractivity contribution is -0.0147. The third-order valence-electron chi connectivity index (χ3n) is 4.03. The normalized spacial score (nSPS) is 13.5. The van der Waals surface area contributed by atoms with Crippen LogP contribution in [-0.2, 0) is 4.74 Å². The summed E-state index contributed by atoms with van der Waals surface area (Å²) in [5.74, 6) is -0.404. The molecule has 2 N–H and O–H groups in total. The molecule has 0 radical (unpaired) electrons. The van der Waals surface area contributed by atoms with E-state index in [9.17, 15) is 9.90 Å². The van der Waals surface area contributed by atoms with Crippen LogP contribution in [0.3, 0.4) is 0 Å². The Kier molecular flexibility index (Phi) is 4.97. The van der Waals surface area contributed by atoms with Crippen molar-refractivity contribution in [3.63, 3.8) is 0 Å². The molecule has 0 saturated heterocycles. The number of carbonyl (C=O) groups excluding carboxylic acids is 1. The quantitative estimate of drug-likeness (QED) is 0.690. The van der Waals surface area contributed by atoms with E-state index in [2.05, 4.69) is 20.6 Å². The van der Waals surface area contributed by atoms with E-state index in [4.69, 9.17) is 4.74 Å². The molecule has 0 aliphatic carbocycles. The molecule has 0 saturated carbocycles. The van der Waals surface area contributed by atoms with Crippen LogP contribution >= 0.6 is 0 Å². The summed E-state index contributed by atoms with van der Waals surface area (Å²) in [7, 11) is 1.49. The van der Waals surface area contributed by atoms with Gasteiger partial charge in [0.15, 0.2) is 5.69 Å². The molecule has 1 amide bonds. The number of nitrogens with zero attached hydrogens (tertiary/aromatic N) is 4. The van der Waals surface area contributed by atoms with Crippen LogP contribution in [0.1, 0.15) is 23.1 Å². The van der Waals surface area contributed by atoms with E-state index < -0.39 is 11.5 Å². The van der Waals surface area contributed by atoms with Gasteiger partial charge in [-0.2, -0.15) is 0 Å². The van der Waals surface area contributed by atoms with Crippen molar-refractivity contribution in [1.29, 1.82) is 0 Å². The predicted molar refractivity (Wildman–Crippen MR) is 96.2 cm³/mol. The first-order valence-electron chi connectivity index (χ1n) is 8.19. The minimum Gasteiger partial charge on any atom is -0.386 e. The summed E-state index contributed by atoms with van der Waals surface area (Å²) in [6.07, 6.45) is 1.71. The van der Waals surface area contributed by atoms with Crippen molar-refractivity contribution in [2.75, 3.05) is 20.3 Å². The van der Waals surface area contributed by atoms with E-state index in [0.29, 0.717) is 5.69 Å². The molecule has 1 aromatic carbocycles. The van der Waals surface area contributed by atoms with Crippen molar-refractivity contribution in [3.05, 3.63) is 47.9 Å². The van der Waals surface area contributed by atoms with Gasteiger partial charge < -0.3 is 15.2 Å². The lowest BCUT2D eigenvalue weighted by Gasteiger charge is -2.22. The lowest BCUT2D eigenvalue weighted by Crippen LogP contribution is -2.44. The number of hydrogen-bond acceptors (Lipinski definition) is 6. The van der Waals surface area contributed by atoms with Crippen molar-refractivity contribution in [1.82, 2.24) is 25.3 Å². The summed E-state index contributed by atoms with van der Waals surface area (Å²) in [4.78, 5) is 16.8. The van der Waals surface area contributed by atoms with Crippen LogP contribution < -0.4 is 5.32 Å². The Balaban J connectivity index is 1.87. The Morgan fingerprint density at radius 1 is 1.35 bits per heavy atom. The first kappa shape index (κ1) is 18.0. The first-order chi connectivity index (χ1) is 12.4. The molecular weight excluding hydrogens is 334 g/mol. The van der Waals surface area contributed by atoms with Crippen LogP contribution in [0.4, 0.5) is 0 Å². The van der Waals surface area contributed by atoms with Crippen molar-refractivity contribution in [2.24, 2.45) is 0 Å². The SMILES string of the molecule is COCC(C)(O)CNC(=O)c1nnn(-c2cccc3cccnc23)c1C. The lowest BCUT2D eigenvalue weighted by atomic mass is 10.1. The standard InChI is InChI=1S/C18H21N5O3/c1-12-15(17(24)20-10-18(2,25)11-26-3)21-22-23(12)14-8-4-6-13-7-5-9-19-16(13)14/h4-9,25H,10-11H2,1-3H3,(H,20,24). The van der Waals surface area contributed by atoms with E-state index in [0.717, 1.165) is 16.6 Å². The van der Waals surface area contributed by atoms with Crippen molar-refractivity contribution < 1.29 is 14.6 Å². The number of rotatable bonds is 6. The number of amides is 1. The minimum atomic E-state index is -1.16. The van der Waals surface area contributed by atoms with Crippen LogP contribution in [0.15, 0.2) is 36.5 Å². The van der Waals surface area contributed by atoms with Gasteiger partial charge >= 0.3 is 0 Å². The van der Waals surface area contributed by atoms with Crippen molar-refractivity contribution in [2.45, 2.75) is 19.4 Å². The topological polar surface area (TPSA) is 102 Å². The smallest absolute Gasteiger partial charge is 0.273 e. The summed E-state index contributed by atoms with van der Waals surface area (Å²) in [6, 6.07) is 9.57. The van der Waals surface area contributed by atoms with Crippen molar-refractivity contribution >= 4 is 16.8 Å². The number of aliphatic hydroxyl groups is 1. The van der Waals surface area contributed by atoms with E-state index in [1.54, 1.807) is 24.7 Å².